The Kier molecular flexibility index (Phi) is 64.6. The van der Waals surface area contributed by atoms with Gasteiger partial charge in [0, 0.05) is 25.7 Å². The first kappa shape index (κ1) is 91.1. The number of hydrogen-bond donors (Lipinski definition) is 3. The van der Waals surface area contributed by atoms with E-state index < -0.39 is 97.5 Å². The number of carbonyl (C=O) groups is 4. The van der Waals surface area contributed by atoms with Crippen LogP contribution in [0.3, 0.4) is 0 Å². The Hall–Kier alpha value is -1.94. The number of carbonyl (C=O) groups excluding carboxylic acids is 4. The molecule has 0 radical (unpaired) electrons. The van der Waals surface area contributed by atoms with Crippen molar-refractivity contribution in [3.05, 3.63) is 0 Å². The molecule has 0 saturated carbocycles. The Balaban J connectivity index is 5.20. The third-order valence-corrected chi connectivity index (χ3v) is 19.1. The minimum atomic E-state index is -4.95. The molecule has 93 heavy (non-hydrogen) atoms. The van der Waals surface area contributed by atoms with Crippen LogP contribution in [0.2, 0.25) is 0 Å². The maximum atomic E-state index is 13.1. The topological polar surface area (TPSA) is 237 Å². The summed E-state index contributed by atoms with van der Waals surface area (Å²) in [4.78, 5) is 72.6. The Morgan fingerprint density at radius 2 is 0.495 bits per heavy atom. The van der Waals surface area contributed by atoms with Crippen molar-refractivity contribution in [1.29, 1.82) is 0 Å². The monoisotopic (exact) mass is 1370 g/mol. The highest BCUT2D eigenvalue weighted by atomic mass is 31.2. The minimum Gasteiger partial charge on any atom is -0.462 e. The van der Waals surface area contributed by atoms with E-state index in [1.165, 1.54) is 193 Å². The summed E-state index contributed by atoms with van der Waals surface area (Å²) in [5, 5.41) is 10.6. The van der Waals surface area contributed by atoms with E-state index in [-0.39, 0.29) is 25.7 Å². The molecule has 0 aromatic rings. The number of phosphoric acid groups is 2. The van der Waals surface area contributed by atoms with Crippen LogP contribution < -0.4 is 0 Å². The standard InChI is InChI=1S/C74H144O17P2/c1-7-9-11-13-15-17-19-20-21-22-23-24-25-26-27-29-33-40-47-53-59-74(79)90-69(62-84-71(76)56-50-44-38-34-30-31-36-42-48-54-66(3)4)64-88-92(80,81)86-60-68(75)61-87-93(82,83)89-65-70(63-85-72(77)57-51-45-41-35-37-43-49-55-67(5)6)91-73(78)58-52-46-39-32-28-18-16-14-12-10-8-2/h66-70,75H,7-65H2,1-6H3,(H,80,81)(H,82,83)/t68-,69-,70-/m1/s1. The van der Waals surface area contributed by atoms with E-state index >= 15 is 0 Å². The maximum Gasteiger partial charge on any atom is 0.472 e. The van der Waals surface area contributed by atoms with Gasteiger partial charge in [0.05, 0.1) is 26.4 Å². The second-order valence-electron chi connectivity index (χ2n) is 27.6. The SMILES string of the molecule is CCCCCCCCCCCCCCCCCCCCCCC(=O)O[C@H](COC(=O)CCCCCCCCCCCC(C)C)COP(=O)(O)OC[C@@H](O)COP(=O)(O)OC[C@@H](COC(=O)CCCCCCCCCC(C)C)OC(=O)CCCCCCCCCCCCC. The van der Waals surface area contributed by atoms with Crippen molar-refractivity contribution < 1.29 is 80.2 Å². The van der Waals surface area contributed by atoms with Crippen molar-refractivity contribution >= 4 is 39.5 Å². The molecule has 0 amide bonds. The fraction of sp³-hybridized carbons (Fsp3) is 0.946. The summed E-state index contributed by atoms with van der Waals surface area (Å²) in [5.74, 6) is -0.671. The van der Waals surface area contributed by atoms with E-state index in [1.807, 2.05) is 0 Å². The van der Waals surface area contributed by atoms with Gasteiger partial charge in [0.25, 0.3) is 0 Å². The molecule has 0 bridgehead atoms. The molecule has 0 saturated heterocycles. The molecule has 0 aromatic heterocycles. The summed E-state index contributed by atoms with van der Waals surface area (Å²) in [6, 6.07) is 0. The molecule has 0 rings (SSSR count). The molecular weight excluding hydrogens is 1220 g/mol. The van der Waals surface area contributed by atoms with Gasteiger partial charge in [0.15, 0.2) is 12.2 Å². The average molecular weight is 1370 g/mol. The van der Waals surface area contributed by atoms with Crippen LogP contribution >= 0.6 is 15.6 Å². The van der Waals surface area contributed by atoms with Crippen LogP contribution in [0.4, 0.5) is 0 Å². The number of ether oxygens (including phenoxy) is 4. The van der Waals surface area contributed by atoms with Crippen molar-refractivity contribution in [2.75, 3.05) is 39.6 Å². The van der Waals surface area contributed by atoms with Crippen LogP contribution in [0.5, 0.6) is 0 Å². The van der Waals surface area contributed by atoms with E-state index in [9.17, 15) is 43.2 Å². The van der Waals surface area contributed by atoms with Crippen LogP contribution in [-0.2, 0) is 65.4 Å². The van der Waals surface area contributed by atoms with E-state index in [1.54, 1.807) is 0 Å². The molecule has 552 valence electrons. The summed E-state index contributed by atoms with van der Waals surface area (Å²) in [6.07, 6.45) is 52.9. The summed E-state index contributed by atoms with van der Waals surface area (Å²) in [6.45, 7) is 9.50. The van der Waals surface area contributed by atoms with Crippen LogP contribution in [0.1, 0.15) is 382 Å². The van der Waals surface area contributed by atoms with Crippen molar-refractivity contribution in [2.45, 2.75) is 400 Å². The normalized spacial score (nSPS) is 14.1. The van der Waals surface area contributed by atoms with Crippen LogP contribution in [0.25, 0.3) is 0 Å². The zero-order valence-corrected chi connectivity index (χ0v) is 62.3. The highest BCUT2D eigenvalue weighted by Gasteiger charge is 2.30. The van der Waals surface area contributed by atoms with Gasteiger partial charge in [-0.25, -0.2) is 9.13 Å². The molecule has 0 aliphatic heterocycles. The fourth-order valence-corrected chi connectivity index (χ4v) is 12.9. The number of aliphatic hydroxyl groups is 1. The molecule has 0 spiro atoms. The zero-order chi connectivity index (χ0) is 68.6. The molecule has 0 aliphatic carbocycles. The molecule has 0 aromatic carbocycles. The molecule has 19 heteroatoms. The summed E-state index contributed by atoms with van der Waals surface area (Å²) in [5.41, 5.74) is 0. The number of hydrogen-bond acceptors (Lipinski definition) is 15. The molecule has 0 aliphatic rings. The van der Waals surface area contributed by atoms with Gasteiger partial charge in [0.1, 0.15) is 19.3 Å². The highest BCUT2D eigenvalue weighted by Crippen LogP contribution is 2.45. The molecule has 3 N–H and O–H groups in total. The smallest absolute Gasteiger partial charge is 0.462 e. The fourth-order valence-electron chi connectivity index (χ4n) is 11.3. The molecule has 5 atom stereocenters. The summed E-state index contributed by atoms with van der Waals surface area (Å²) < 4.78 is 68.4. The summed E-state index contributed by atoms with van der Waals surface area (Å²) in [7, 11) is -9.90. The Morgan fingerprint density at radius 1 is 0.290 bits per heavy atom. The van der Waals surface area contributed by atoms with Crippen LogP contribution in [0.15, 0.2) is 0 Å². The van der Waals surface area contributed by atoms with Gasteiger partial charge >= 0.3 is 39.5 Å². The first-order valence-electron chi connectivity index (χ1n) is 38.5. The van der Waals surface area contributed by atoms with E-state index in [2.05, 4.69) is 41.5 Å². The van der Waals surface area contributed by atoms with Gasteiger partial charge < -0.3 is 33.8 Å². The Bertz CT molecular complexity index is 1800. The first-order chi connectivity index (χ1) is 44.9. The van der Waals surface area contributed by atoms with Gasteiger partial charge in [-0.3, -0.25) is 37.3 Å². The predicted molar refractivity (Wildman–Crippen MR) is 377 cm³/mol. The lowest BCUT2D eigenvalue weighted by molar-refractivity contribution is -0.161. The van der Waals surface area contributed by atoms with Crippen LogP contribution in [0, 0.1) is 11.8 Å². The lowest BCUT2D eigenvalue weighted by Crippen LogP contribution is -2.30. The largest absolute Gasteiger partial charge is 0.472 e. The Labute approximate surface area is 568 Å². The van der Waals surface area contributed by atoms with Gasteiger partial charge in [-0.05, 0) is 37.5 Å². The second-order valence-corrected chi connectivity index (χ2v) is 30.5. The van der Waals surface area contributed by atoms with Crippen LogP contribution in [-0.4, -0.2) is 96.7 Å². The van der Waals surface area contributed by atoms with E-state index in [0.717, 1.165) is 102 Å². The zero-order valence-electron chi connectivity index (χ0n) is 60.6. The Morgan fingerprint density at radius 3 is 0.731 bits per heavy atom. The minimum absolute atomic E-state index is 0.106. The number of phosphoric ester groups is 2. The van der Waals surface area contributed by atoms with Crippen molar-refractivity contribution in [2.24, 2.45) is 11.8 Å². The number of aliphatic hydroxyl groups excluding tert-OH is 1. The average Bonchev–Trinajstić information content (AvgIpc) is 1.56. The molecular formula is C74H144O17P2. The van der Waals surface area contributed by atoms with Gasteiger partial charge in [-0.15, -0.1) is 0 Å². The third-order valence-electron chi connectivity index (χ3n) is 17.2. The van der Waals surface area contributed by atoms with Crippen molar-refractivity contribution in [1.82, 2.24) is 0 Å². The molecule has 2 unspecified atom stereocenters. The lowest BCUT2D eigenvalue weighted by Gasteiger charge is -2.21. The quantitative estimate of drug-likeness (QED) is 0.0222. The summed E-state index contributed by atoms with van der Waals surface area (Å²) >= 11 is 0. The van der Waals surface area contributed by atoms with Crippen molar-refractivity contribution in [3.63, 3.8) is 0 Å². The molecule has 17 nitrogen and oxygen atoms in total. The van der Waals surface area contributed by atoms with Gasteiger partial charge in [-0.1, -0.05) is 330 Å². The van der Waals surface area contributed by atoms with Gasteiger partial charge in [-0.2, -0.15) is 0 Å². The lowest BCUT2D eigenvalue weighted by atomic mass is 10.0. The maximum absolute atomic E-state index is 13.1. The number of unbranched alkanes of at least 4 members (excludes halogenated alkanes) is 43. The first-order valence-corrected chi connectivity index (χ1v) is 41.5. The van der Waals surface area contributed by atoms with E-state index in [0.29, 0.717) is 31.6 Å². The number of esters is 4. The van der Waals surface area contributed by atoms with E-state index in [4.69, 9.17) is 37.0 Å². The molecule has 0 heterocycles. The highest BCUT2D eigenvalue weighted by molar-refractivity contribution is 7.47. The third kappa shape index (κ3) is 68.4. The second kappa shape index (κ2) is 66.0. The van der Waals surface area contributed by atoms with Crippen molar-refractivity contribution in [3.8, 4) is 0 Å². The number of rotatable bonds is 73. The molecule has 0 fully saturated rings. The predicted octanol–water partition coefficient (Wildman–Crippen LogP) is 21.6. The van der Waals surface area contributed by atoms with Gasteiger partial charge in [0.2, 0.25) is 0 Å².